The predicted octanol–water partition coefficient (Wildman–Crippen LogP) is 2.94. The molecule has 0 aliphatic carbocycles. The molecule has 1 unspecified atom stereocenters. The maximum atomic E-state index is 11.9. The van der Waals surface area contributed by atoms with Crippen molar-refractivity contribution < 1.29 is 9.90 Å². The number of carbonyl (C=O) groups is 1. The van der Waals surface area contributed by atoms with E-state index in [1.807, 2.05) is 23.8 Å². The van der Waals surface area contributed by atoms with Gasteiger partial charge in [0.25, 0.3) is 5.91 Å². The quantitative estimate of drug-likeness (QED) is 0.876. The Morgan fingerprint density at radius 3 is 2.88 bits per heavy atom. The Morgan fingerprint density at radius 1 is 1.41 bits per heavy atom. The first-order valence-corrected chi connectivity index (χ1v) is 6.23. The molecule has 1 aromatic carbocycles. The molecule has 0 bridgehead atoms. The predicted molar refractivity (Wildman–Crippen MR) is 68.3 cm³/mol. The summed E-state index contributed by atoms with van der Waals surface area (Å²) >= 11 is 1.60. The lowest BCUT2D eigenvalue weighted by atomic mass is 10.1. The maximum Gasteiger partial charge on any atom is 0.251 e. The third kappa shape index (κ3) is 2.85. The highest BCUT2D eigenvalue weighted by molar-refractivity contribution is 7.07. The highest BCUT2D eigenvalue weighted by Crippen LogP contribution is 2.17. The molecule has 0 saturated heterocycles. The third-order valence-corrected chi connectivity index (χ3v) is 3.20. The minimum Gasteiger partial charge on any atom is -0.508 e. The van der Waals surface area contributed by atoms with Crippen LogP contribution in [-0.4, -0.2) is 11.0 Å². The number of rotatable bonds is 3. The van der Waals surface area contributed by atoms with Crippen LogP contribution in [0.25, 0.3) is 0 Å². The van der Waals surface area contributed by atoms with Crippen LogP contribution < -0.4 is 5.32 Å². The molecule has 1 aromatic heterocycles. The van der Waals surface area contributed by atoms with E-state index in [0.29, 0.717) is 5.56 Å². The summed E-state index contributed by atoms with van der Waals surface area (Å²) in [6.07, 6.45) is 0. The number of hydrogen-bond donors (Lipinski definition) is 2. The summed E-state index contributed by atoms with van der Waals surface area (Å²) in [4.78, 5) is 11.9. The van der Waals surface area contributed by atoms with E-state index in [2.05, 4.69) is 5.32 Å². The van der Waals surface area contributed by atoms with Gasteiger partial charge in [-0.3, -0.25) is 4.79 Å². The molecular formula is C13H13NO2S. The van der Waals surface area contributed by atoms with Crippen LogP contribution in [0.4, 0.5) is 0 Å². The van der Waals surface area contributed by atoms with Crippen molar-refractivity contribution in [3.8, 4) is 5.75 Å². The molecule has 1 atom stereocenters. The van der Waals surface area contributed by atoms with Crippen LogP contribution >= 0.6 is 11.3 Å². The standard InChI is InChI=1S/C13H13NO2S/c1-9(11-5-6-17-8-11)14-13(16)10-3-2-4-12(15)7-10/h2-9,15H,1H3,(H,14,16). The van der Waals surface area contributed by atoms with E-state index in [0.717, 1.165) is 5.56 Å². The fourth-order valence-electron chi connectivity index (χ4n) is 1.53. The van der Waals surface area contributed by atoms with Gasteiger partial charge in [-0.15, -0.1) is 0 Å². The number of amides is 1. The van der Waals surface area contributed by atoms with E-state index in [4.69, 9.17) is 0 Å². The first kappa shape index (κ1) is 11.7. The number of aromatic hydroxyl groups is 1. The molecule has 3 nitrogen and oxygen atoms in total. The summed E-state index contributed by atoms with van der Waals surface area (Å²) in [6.45, 7) is 1.93. The van der Waals surface area contributed by atoms with Gasteiger partial charge in [0, 0.05) is 5.56 Å². The van der Waals surface area contributed by atoms with Crippen molar-refractivity contribution in [3.63, 3.8) is 0 Å². The molecule has 2 aromatic rings. The average molecular weight is 247 g/mol. The lowest BCUT2D eigenvalue weighted by Gasteiger charge is -2.12. The number of phenols is 1. The van der Waals surface area contributed by atoms with E-state index in [1.54, 1.807) is 29.5 Å². The van der Waals surface area contributed by atoms with Crippen LogP contribution in [0.5, 0.6) is 5.75 Å². The van der Waals surface area contributed by atoms with Gasteiger partial charge in [0.2, 0.25) is 0 Å². The van der Waals surface area contributed by atoms with Crippen LogP contribution in [0.2, 0.25) is 0 Å². The van der Waals surface area contributed by atoms with Gasteiger partial charge in [0.15, 0.2) is 0 Å². The van der Waals surface area contributed by atoms with Gasteiger partial charge in [-0.1, -0.05) is 6.07 Å². The summed E-state index contributed by atoms with van der Waals surface area (Å²) in [7, 11) is 0. The molecule has 0 aliphatic rings. The maximum absolute atomic E-state index is 11.9. The molecule has 0 saturated carbocycles. The topological polar surface area (TPSA) is 49.3 Å². The summed E-state index contributed by atoms with van der Waals surface area (Å²) in [6, 6.07) is 8.28. The second kappa shape index (κ2) is 5.01. The Hall–Kier alpha value is -1.81. The van der Waals surface area contributed by atoms with Crippen molar-refractivity contribution in [2.45, 2.75) is 13.0 Å². The Morgan fingerprint density at radius 2 is 2.24 bits per heavy atom. The van der Waals surface area contributed by atoms with E-state index < -0.39 is 0 Å². The molecule has 0 radical (unpaired) electrons. The zero-order valence-electron chi connectivity index (χ0n) is 9.38. The summed E-state index contributed by atoms with van der Waals surface area (Å²) < 4.78 is 0. The molecule has 2 N–H and O–H groups in total. The van der Waals surface area contributed by atoms with Gasteiger partial charge in [0.1, 0.15) is 5.75 Å². The van der Waals surface area contributed by atoms with Gasteiger partial charge in [0.05, 0.1) is 6.04 Å². The Labute approximate surface area is 104 Å². The van der Waals surface area contributed by atoms with Crippen molar-refractivity contribution in [2.24, 2.45) is 0 Å². The second-order valence-corrected chi connectivity index (χ2v) is 4.58. The molecule has 0 spiro atoms. The van der Waals surface area contributed by atoms with Crippen LogP contribution in [0.15, 0.2) is 41.1 Å². The molecule has 88 valence electrons. The molecular weight excluding hydrogens is 234 g/mol. The smallest absolute Gasteiger partial charge is 0.251 e. The number of carbonyl (C=O) groups excluding carboxylic acids is 1. The summed E-state index contributed by atoms with van der Waals surface area (Å²) in [5, 5.41) is 16.2. The number of benzene rings is 1. The minimum atomic E-state index is -0.181. The zero-order chi connectivity index (χ0) is 12.3. The molecule has 2 rings (SSSR count). The Kier molecular flexibility index (Phi) is 3.44. The van der Waals surface area contributed by atoms with Gasteiger partial charge in [-0.05, 0) is 47.5 Å². The highest BCUT2D eigenvalue weighted by atomic mass is 32.1. The normalized spacial score (nSPS) is 12.1. The van der Waals surface area contributed by atoms with Crippen LogP contribution in [0.1, 0.15) is 28.9 Å². The van der Waals surface area contributed by atoms with Crippen molar-refractivity contribution >= 4 is 17.2 Å². The van der Waals surface area contributed by atoms with Gasteiger partial charge in [-0.2, -0.15) is 11.3 Å². The van der Waals surface area contributed by atoms with Gasteiger partial charge < -0.3 is 10.4 Å². The van der Waals surface area contributed by atoms with Gasteiger partial charge >= 0.3 is 0 Å². The Balaban J connectivity index is 2.07. The van der Waals surface area contributed by atoms with Crippen molar-refractivity contribution in [1.29, 1.82) is 0 Å². The fraction of sp³-hybridized carbons (Fsp3) is 0.154. The lowest BCUT2D eigenvalue weighted by molar-refractivity contribution is 0.0939. The van der Waals surface area contributed by atoms with E-state index >= 15 is 0 Å². The van der Waals surface area contributed by atoms with Crippen molar-refractivity contribution in [1.82, 2.24) is 5.32 Å². The van der Waals surface area contributed by atoms with Crippen LogP contribution in [0, 0.1) is 0 Å². The van der Waals surface area contributed by atoms with Crippen molar-refractivity contribution in [2.75, 3.05) is 0 Å². The second-order valence-electron chi connectivity index (χ2n) is 3.80. The fourth-order valence-corrected chi connectivity index (χ4v) is 2.29. The first-order valence-electron chi connectivity index (χ1n) is 5.29. The number of thiophene rings is 1. The molecule has 0 aliphatic heterocycles. The summed E-state index contributed by atoms with van der Waals surface area (Å²) in [5.41, 5.74) is 1.55. The van der Waals surface area contributed by atoms with E-state index in [-0.39, 0.29) is 17.7 Å². The largest absolute Gasteiger partial charge is 0.508 e. The van der Waals surface area contributed by atoms with Crippen molar-refractivity contribution in [3.05, 3.63) is 52.2 Å². The molecule has 0 fully saturated rings. The first-order chi connectivity index (χ1) is 8.16. The summed E-state index contributed by atoms with van der Waals surface area (Å²) in [5.74, 6) is -0.0829. The third-order valence-electron chi connectivity index (χ3n) is 2.50. The van der Waals surface area contributed by atoms with Crippen LogP contribution in [-0.2, 0) is 0 Å². The van der Waals surface area contributed by atoms with Gasteiger partial charge in [-0.25, -0.2) is 0 Å². The molecule has 1 heterocycles. The monoisotopic (exact) mass is 247 g/mol. The average Bonchev–Trinajstić information content (AvgIpc) is 2.82. The zero-order valence-corrected chi connectivity index (χ0v) is 10.2. The highest BCUT2D eigenvalue weighted by Gasteiger charge is 2.11. The van der Waals surface area contributed by atoms with E-state index in [1.165, 1.54) is 6.07 Å². The molecule has 4 heteroatoms. The number of phenolic OH excluding ortho intramolecular Hbond substituents is 1. The number of hydrogen-bond acceptors (Lipinski definition) is 3. The minimum absolute atomic E-state index is 0.0314. The molecule has 1 amide bonds. The Bertz CT molecular complexity index is 508. The lowest BCUT2D eigenvalue weighted by Crippen LogP contribution is -2.26. The number of nitrogens with one attached hydrogen (secondary N) is 1. The molecule has 17 heavy (non-hydrogen) atoms. The SMILES string of the molecule is CC(NC(=O)c1cccc(O)c1)c1ccsc1. The van der Waals surface area contributed by atoms with Crippen LogP contribution in [0.3, 0.4) is 0 Å². The van der Waals surface area contributed by atoms with E-state index in [9.17, 15) is 9.90 Å².